The van der Waals surface area contributed by atoms with Crippen LogP contribution in [0.25, 0.3) is 0 Å². The number of ether oxygens (including phenoxy) is 2. The van der Waals surface area contributed by atoms with Gasteiger partial charge < -0.3 is 14.8 Å². The summed E-state index contributed by atoms with van der Waals surface area (Å²) >= 11 is 0. The summed E-state index contributed by atoms with van der Waals surface area (Å²) in [5.41, 5.74) is 0.993. The quantitative estimate of drug-likeness (QED) is 0.778. The molecule has 1 unspecified atom stereocenters. The lowest BCUT2D eigenvalue weighted by molar-refractivity contribution is -0.0498. The van der Waals surface area contributed by atoms with Crippen molar-refractivity contribution < 1.29 is 18.3 Å². The molecular weight excluding hydrogens is 240 g/mol. The van der Waals surface area contributed by atoms with Crippen molar-refractivity contribution in [2.24, 2.45) is 0 Å². The Bertz CT molecular complexity index is 330. The Kier molecular flexibility index (Phi) is 6.60. The van der Waals surface area contributed by atoms with Gasteiger partial charge in [-0.25, -0.2) is 0 Å². The second-order valence-corrected chi connectivity index (χ2v) is 3.72. The van der Waals surface area contributed by atoms with Crippen molar-refractivity contribution >= 4 is 0 Å². The number of likely N-dealkylation sites (N-methyl/N-ethyl adjacent to an activating group) is 1. The van der Waals surface area contributed by atoms with Gasteiger partial charge in [-0.1, -0.05) is 19.1 Å². The molecule has 0 aliphatic rings. The molecule has 0 heterocycles. The van der Waals surface area contributed by atoms with Gasteiger partial charge in [0.1, 0.15) is 5.75 Å². The van der Waals surface area contributed by atoms with Crippen LogP contribution in [0, 0.1) is 0 Å². The van der Waals surface area contributed by atoms with Crippen LogP contribution in [0.5, 0.6) is 5.75 Å². The number of benzene rings is 1. The highest BCUT2D eigenvalue weighted by atomic mass is 19.3. The topological polar surface area (TPSA) is 30.5 Å². The molecule has 1 rings (SSSR count). The fourth-order valence-corrected chi connectivity index (χ4v) is 1.64. The highest BCUT2D eigenvalue weighted by Gasteiger charge is 2.11. The minimum Gasteiger partial charge on any atom is -0.435 e. The Balaban J connectivity index is 2.67. The SMILES string of the molecule is CCNC(COCC)c1ccc(OC(F)F)cc1. The molecule has 0 aromatic heterocycles. The predicted molar refractivity (Wildman–Crippen MR) is 66.0 cm³/mol. The molecule has 5 heteroatoms. The summed E-state index contributed by atoms with van der Waals surface area (Å²) in [4.78, 5) is 0. The van der Waals surface area contributed by atoms with Crippen molar-refractivity contribution in [1.82, 2.24) is 5.32 Å². The fraction of sp³-hybridized carbons (Fsp3) is 0.538. The van der Waals surface area contributed by atoms with Crippen LogP contribution in [0.1, 0.15) is 25.5 Å². The Morgan fingerprint density at radius 1 is 1.17 bits per heavy atom. The van der Waals surface area contributed by atoms with E-state index in [1.165, 1.54) is 12.1 Å². The number of rotatable bonds is 8. The van der Waals surface area contributed by atoms with Crippen molar-refractivity contribution in [3.05, 3.63) is 29.8 Å². The van der Waals surface area contributed by atoms with Crippen molar-refractivity contribution in [3.8, 4) is 5.75 Å². The summed E-state index contributed by atoms with van der Waals surface area (Å²) < 4.78 is 33.7. The van der Waals surface area contributed by atoms with Crippen molar-refractivity contribution in [1.29, 1.82) is 0 Å². The zero-order valence-corrected chi connectivity index (χ0v) is 10.7. The molecule has 0 radical (unpaired) electrons. The zero-order valence-electron chi connectivity index (χ0n) is 10.7. The van der Waals surface area contributed by atoms with Crippen LogP contribution in [0.15, 0.2) is 24.3 Å². The summed E-state index contributed by atoms with van der Waals surface area (Å²) in [6, 6.07) is 6.68. The monoisotopic (exact) mass is 259 g/mol. The van der Waals surface area contributed by atoms with Gasteiger partial charge in [0, 0.05) is 6.61 Å². The highest BCUT2D eigenvalue weighted by Crippen LogP contribution is 2.19. The first kappa shape index (κ1) is 14.9. The first-order valence-corrected chi connectivity index (χ1v) is 6.03. The molecule has 3 nitrogen and oxygen atoms in total. The molecule has 1 atom stereocenters. The first-order chi connectivity index (χ1) is 8.67. The van der Waals surface area contributed by atoms with Crippen LogP contribution >= 0.6 is 0 Å². The second-order valence-electron chi connectivity index (χ2n) is 3.72. The Labute approximate surface area is 106 Å². The normalized spacial score (nSPS) is 12.7. The number of nitrogens with one attached hydrogen (secondary N) is 1. The van der Waals surface area contributed by atoms with E-state index in [0.717, 1.165) is 12.1 Å². The van der Waals surface area contributed by atoms with Crippen molar-refractivity contribution in [2.75, 3.05) is 19.8 Å². The molecule has 0 amide bonds. The van der Waals surface area contributed by atoms with Crippen LogP contribution in [0.3, 0.4) is 0 Å². The first-order valence-electron chi connectivity index (χ1n) is 6.03. The average molecular weight is 259 g/mol. The standard InChI is InChI=1S/C13H19F2NO2/c1-3-16-12(9-17-4-2)10-5-7-11(8-6-10)18-13(14)15/h5-8,12-13,16H,3-4,9H2,1-2H3. The minimum atomic E-state index is -2.79. The Morgan fingerprint density at radius 2 is 1.83 bits per heavy atom. The maximum absolute atomic E-state index is 12.0. The van der Waals surface area contributed by atoms with E-state index in [1.807, 2.05) is 13.8 Å². The summed E-state index contributed by atoms with van der Waals surface area (Å²) in [6.45, 7) is 3.17. The van der Waals surface area contributed by atoms with Crippen LogP contribution in [-0.4, -0.2) is 26.4 Å². The number of hydrogen-bond donors (Lipinski definition) is 1. The minimum absolute atomic E-state index is 0.0653. The van der Waals surface area contributed by atoms with Crippen LogP contribution in [0.2, 0.25) is 0 Å². The molecule has 0 aliphatic carbocycles. The summed E-state index contributed by atoms with van der Waals surface area (Å²) in [5.74, 6) is 0.167. The molecule has 102 valence electrons. The Hall–Kier alpha value is -1.20. The van der Waals surface area contributed by atoms with E-state index in [-0.39, 0.29) is 11.8 Å². The predicted octanol–water partition coefficient (Wildman–Crippen LogP) is 2.98. The number of alkyl halides is 2. The molecule has 1 aromatic rings. The Morgan fingerprint density at radius 3 is 2.33 bits per heavy atom. The number of halogens is 2. The lowest BCUT2D eigenvalue weighted by Gasteiger charge is -2.18. The molecule has 0 aliphatic heterocycles. The summed E-state index contributed by atoms with van der Waals surface area (Å²) in [5, 5.41) is 3.28. The van der Waals surface area contributed by atoms with Gasteiger partial charge >= 0.3 is 6.61 Å². The van der Waals surface area contributed by atoms with Gasteiger partial charge in [-0.2, -0.15) is 8.78 Å². The lowest BCUT2D eigenvalue weighted by atomic mass is 10.1. The molecule has 0 spiro atoms. The molecule has 1 aromatic carbocycles. The van der Waals surface area contributed by atoms with E-state index in [9.17, 15) is 8.78 Å². The summed E-state index contributed by atoms with van der Waals surface area (Å²) in [7, 11) is 0. The second kappa shape index (κ2) is 8.00. The molecule has 0 saturated heterocycles. The van der Waals surface area contributed by atoms with E-state index >= 15 is 0 Å². The molecular formula is C13H19F2NO2. The van der Waals surface area contributed by atoms with Gasteiger partial charge in [0.15, 0.2) is 0 Å². The third-order valence-electron chi connectivity index (χ3n) is 2.45. The average Bonchev–Trinajstić information content (AvgIpc) is 2.35. The fourth-order valence-electron chi connectivity index (χ4n) is 1.64. The third kappa shape index (κ3) is 4.98. The molecule has 0 fully saturated rings. The van der Waals surface area contributed by atoms with E-state index in [1.54, 1.807) is 12.1 Å². The van der Waals surface area contributed by atoms with Crippen LogP contribution < -0.4 is 10.1 Å². The molecule has 0 bridgehead atoms. The van der Waals surface area contributed by atoms with Gasteiger partial charge in [0.25, 0.3) is 0 Å². The maximum atomic E-state index is 12.0. The van der Waals surface area contributed by atoms with Crippen molar-refractivity contribution in [3.63, 3.8) is 0 Å². The summed E-state index contributed by atoms with van der Waals surface area (Å²) in [6.07, 6.45) is 0. The van der Waals surface area contributed by atoms with Gasteiger partial charge in [-0.3, -0.25) is 0 Å². The zero-order chi connectivity index (χ0) is 13.4. The number of hydrogen-bond acceptors (Lipinski definition) is 3. The lowest BCUT2D eigenvalue weighted by Crippen LogP contribution is -2.25. The smallest absolute Gasteiger partial charge is 0.387 e. The van der Waals surface area contributed by atoms with E-state index in [4.69, 9.17) is 4.74 Å². The largest absolute Gasteiger partial charge is 0.435 e. The van der Waals surface area contributed by atoms with Crippen LogP contribution in [-0.2, 0) is 4.74 Å². The van der Waals surface area contributed by atoms with Crippen LogP contribution in [0.4, 0.5) is 8.78 Å². The third-order valence-corrected chi connectivity index (χ3v) is 2.45. The van der Waals surface area contributed by atoms with E-state index in [2.05, 4.69) is 10.1 Å². The van der Waals surface area contributed by atoms with Crippen molar-refractivity contribution in [2.45, 2.75) is 26.5 Å². The molecule has 1 N–H and O–H groups in total. The molecule has 18 heavy (non-hydrogen) atoms. The highest BCUT2D eigenvalue weighted by molar-refractivity contribution is 5.29. The van der Waals surface area contributed by atoms with Gasteiger partial charge in [-0.05, 0) is 31.2 Å². The van der Waals surface area contributed by atoms with Gasteiger partial charge in [0.2, 0.25) is 0 Å². The van der Waals surface area contributed by atoms with Gasteiger partial charge in [-0.15, -0.1) is 0 Å². The van der Waals surface area contributed by atoms with Gasteiger partial charge in [0.05, 0.1) is 12.6 Å². The van der Waals surface area contributed by atoms with E-state index in [0.29, 0.717) is 13.2 Å². The molecule has 0 saturated carbocycles. The maximum Gasteiger partial charge on any atom is 0.387 e. The van der Waals surface area contributed by atoms with E-state index < -0.39 is 6.61 Å².